The van der Waals surface area contributed by atoms with Gasteiger partial charge in [-0.2, -0.15) is 0 Å². The summed E-state index contributed by atoms with van der Waals surface area (Å²) in [5.74, 6) is -0.333. The maximum absolute atomic E-state index is 13.2. The van der Waals surface area contributed by atoms with Crippen LogP contribution < -0.4 is 5.32 Å². The molecule has 0 aliphatic heterocycles. The molecule has 2 rings (SSSR count). The van der Waals surface area contributed by atoms with E-state index in [-0.39, 0.29) is 11.9 Å². The second kappa shape index (κ2) is 5.29. The Balaban J connectivity index is 2.39. The number of aromatic nitrogens is 3. The molecule has 0 saturated carbocycles. The van der Waals surface area contributed by atoms with Crippen molar-refractivity contribution in [2.75, 3.05) is 6.54 Å². The normalized spacial score (nSPS) is 12.6. The van der Waals surface area contributed by atoms with Gasteiger partial charge in [0.2, 0.25) is 0 Å². The molecule has 0 fully saturated rings. The molecule has 0 saturated heterocycles. The molecule has 0 aromatic carbocycles. The Morgan fingerprint density at radius 1 is 1.47 bits per heavy atom. The van der Waals surface area contributed by atoms with Crippen LogP contribution in [-0.2, 0) is 0 Å². The maximum atomic E-state index is 13.2. The molecule has 17 heavy (non-hydrogen) atoms. The fourth-order valence-corrected chi connectivity index (χ4v) is 2.40. The van der Waals surface area contributed by atoms with E-state index < -0.39 is 0 Å². The summed E-state index contributed by atoms with van der Waals surface area (Å²) in [6, 6.07) is 1.39. The minimum absolute atomic E-state index is 0.0943. The summed E-state index contributed by atoms with van der Waals surface area (Å²) >= 11 is 1.32. The van der Waals surface area contributed by atoms with Crippen molar-refractivity contribution in [3.05, 3.63) is 40.4 Å². The Kier molecular flexibility index (Phi) is 3.75. The van der Waals surface area contributed by atoms with Gasteiger partial charge in [0.05, 0.1) is 22.8 Å². The average molecular weight is 252 g/mol. The molecule has 6 heteroatoms. The molecule has 2 aromatic heterocycles. The van der Waals surface area contributed by atoms with E-state index in [4.69, 9.17) is 0 Å². The van der Waals surface area contributed by atoms with E-state index >= 15 is 0 Å². The number of halogens is 1. The van der Waals surface area contributed by atoms with Gasteiger partial charge in [-0.25, -0.2) is 4.39 Å². The molecule has 2 aromatic rings. The van der Waals surface area contributed by atoms with E-state index in [1.807, 2.05) is 13.8 Å². The minimum Gasteiger partial charge on any atom is -0.306 e. The highest BCUT2D eigenvalue weighted by molar-refractivity contribution is 7.05. The number of aryl methyl sites for hydroxylation is 1. The molecule has 0 bridgehead atoms. The van der Waals surface area contributed by atoms with E-state index in [0.29, 0.717) is 0 Å². The fourth-order valence-electron chi connectivity index (χ4n) is 1.65. The molecule has 0 spiro atoms. The van der Waals surface area contributed by atoms with Gasteiger partial charge in [0.25, 0.3) is 0 Å². The predicted octanol–water partition coefficient (Wildman–Crippen LogP) is 2.08. The monoisotopic (exact) mass is 252 g/mol. The summed E-state index contributed by atoms with van der Waals surface area (Å²) < 4.78 is 17.1. The summed E-state index contributed by atoms with van der Waals surface area (Å²) in [6.07, 6.45) is 2.86. The van der Waals surface area contributed by atoms with Crippen LogP contribution in [0, 0.1) is 12.7 Å². The molecule has 90 valence electrons. The first-order valence-corrected chi connectivity index (χ1v) is 6.12. The van der Waals surface area contributed by atoms with Gasteiger partial charge in [-0.05, 0) is 36.6 Å². The third kappa shape index (κ3) is 2.65. The molecular weight excluding hydrogens is 239 g/mol. The predicted molar refractivity (Wildman–Crippen MR) is 64.4 cm³/mol. The highest BCUT2D eigenvalue weighted by Gasteiger charge is 2.19. The standard InChI is InChI=1S/C11H13FN4S/c1-3-14-10(11-7(2)15-16-17-11)8-4-9(12)6-13-5-8/h4-6,10,14H,3H2,1-2H3. The number of nitrogens with one attached hydrogen (secondary N) is 1. The van der Waals surface area contributed by atoms with E-state index in [0.717, 1.165) is 22.7 Å². The van der Waals surface area contributed by atoms with Crippen LogP contribution in [0.4, 0.5) is 4.39 Å². The van der Waals surface area contributed by atoms with Crippen LogP contribution in [0.2, 0.25) is 0 Å². The van der Waals surface area contributed by atoms with Gasteiger partial charge in [0.1, 0.15) is 5.82 Å². The molecule has 2 heterocycles. The lowest BCUT2D eigenvalue weighted by atomic mass is 10.1. The number of hydrogen-bond donors (Lipinski definition) is 1. The van der Waals surface area contributed by atoms with Crippen molar-refractivity contribution in [3.8, 4) is 0 Å². The highest BCUT2D eigenvalue weighted by Crippen LogP contribution is 2.26. The second-order valence-electron chi connectivity index (χ2n) is 3.65. The van der Waals surface area contributed by atoms with E-state index in [2.05, 4.69) is 19.9 Å². The van der Waals surface area contributed by atoms with Gasteiger partial charge in [-0.1, -0.05) is 11.4 Å². The van der Waals surface area contributed by atoms with Gasteiger partial charge >= 0.3 is 0 Å². The second-order valence-corrected chi connectivity index (χ2v) is 4.44. The zero-order valence-electron chi connectivity index (χ0n) is 9.64. The van der Waals surface area contributed by atoms with E-state index in [9.17, 15) is 4.39 Å². The first-order chi connectivity index (χ1) is 8.22. The number of hydrogen-bond acceptors (Lipinski definition) is 5. The summed E-state index contributed by atoms with van der Waals surface area (Å²) in [4.78, 5) is 4.88. The summed E-state index contributed by atoms with van der Waals surface area (Å²) in [5.41, 5.74) is 1.66. The molecule has 1 N–H and O–H groups in total. The average Bonchev–Trinajstić information content (AvgIpc) is 2.72. The highest BCUT2D eigenvalue weighted by atomic mass is 32.1. The summed E-state index contributed by atoms with van der Waals surface area (Å²) in [7, 11) is 0. The third-order valence-corrected chi connectivity index (χ3v) is 3.31. The Morgan fingerprint density at radius 2 is 2.29 bits per heavy atom. The van der Waals surface area contributed by atoms with Crippen LogP contribution in [0.1, 0.15) is 29.1 Å². The van der Waals surface area contributed by atoms with Gasteiger partial charge in [0, 0.05) is 6.20 Å². The minimum atomic E-state index is -0.333. The lowest BCUT2D eigenvalue weighted by molar-refractivity contribution is 0.598. The number of rotatable bonds is 4. The van der Waals surface area contributed by atoms with E-state index in [1.165, 1.54) is 23.8 Å². The van der Waals surface area contributed by atoms with Crippen LogP contribution in [-0.4, -0.2) is 21.1 Å². The lowest BCUT2D eigenvalue weighted by Crippen LogP contribution is -2.22. The summed E-state index contributed by atoms with van der Waals surface area (Å²) in [6.45, 7) is 4.68. The van der Waals surface area contributed by atoms with Crippen molar-refractivity contribution in [2.45, 2.75) is 19.9 Å². The molecule has 0 amide bonds. The molecular formula is C11H13FN4S. The third-order valence-electron chi connectivity index (χ3n) is 2.42. The molecule has 1 atom stereocenters. The van der Waals surface area contributed by atoms with E-state index in [1.54, 1.807) is 6.20 Å². The van der Waals surface area contributed by atoms with Crippen LogP contribution in [0.15, 0.2) is 18.5 Å². The van der Waals surface area contributed by atoms with Gasteiger partial charge in [0.15, 0.2) is 0 Å². The first kappa shape index (κ1) is 12.1. The van der Waals surface area contributed by atoms with Crippen molar-refractivity contribution < 1.29 is 4.39 Å². The van der Waals surface area contributed by atoms with Gasteiger partial charge in [-0.3, -0.25) is 4.98 Å². The molecule has 1 unspecified atom stereocenters. The Bertz CT molecular complexity index is 500. The van der Waals surface area contributed by atoms with Crippen molar-refractivity contribution in [1.29, 1.82) is 0 Å². The zero-order valence-corrected chi connectivity index (χ0v) is 10.5. The van der Waals surface area contributed by atoms with Crippen LogP contribution in [0.5, 0.6) is 0 Å². The number of nitrogens with zero attached hydrogens (tertiary/aromatic N) is 3. The lowest BCUT2D eigenvalue weighted by Gasteiger charge is -2.16. The Hall–Kier alpha value is -1.40. The summed E-state index contributed by atoms with van der Waals surface area (Å²) in [5, 5.41) is 7.28. The van der Waals surface area contributed by atoms with Gasteiger partial charge < -0.3 is 5.32 Å². The first-order valence-electron chi connectivity index (χ1n) is 5.35. The molecule has 4 nitrogen and oxygen atoms in total. The smallest absolute Gasteiger partial charge is 0.141 e. The molecule has 0 aliphatic carbocycles. The van der Waals surface area contributed by atoms with Crippen molar-refractivity contribution in [2.24, 2.45) is 0 Å². The zero-order chi connectivity index (χ0) is 12.3. The van der Waals surface area contributed by atoms with Crippen molar-refractivity contribution in [1.82, 2.24) is 19.9 Å². The fraction of sp³-hybridized carbons (Fsp3) is 0.364. The molecule has 0 aliphatic rings. The SMILES string of the molecule is CCNC(c1cncc(F)c1)c1snnc1C. The van der Waals surface area contributed by atoms with Gasteiger partial charge in [-0.15, -0.1) is 5.10 Å². The topological polar surface area (TPSA) is 50.7 Å². The Labute approximate surface area is 103 Å². The quantitative estimate of drug-likeness (QED) is 0.905. The largest absolute Gasteiger partial charge is 0.306 e. The van der Waals surface area contributed by atoms with Crippen LogP contribution in [0.3, 0.4) is 0 Å². The van der Waals surface area contributed by atoms with Crippen molar-refractivity contribution in [3.63, 3.8) is 0 Å². The van der Waals surface area contributed by atoms with Crippen LogP contribution >= 0.6 is 11.5 Å². The molecule has 0 radical (unpaired) electrons. The van der Waals surface area contributed by atoms with Crippen LogP contribution in [0.25, 0.3) is 0 Å². The van der Waals surface area contributed by atoms with Crippen molar-refractivity contribution >= 4 is 11.5 Å². The number of pyridine rings is 1. The maximum Gasteiger partial charge on any atom is 0.141 e. The Morgan fingerprint density at radius 3 is 2.88 bits per heavy atom.